The monoisotopic (exact) mass is 401 g/mol. The maximum atomic E-state index is 12.5. The van der Waals surface area contributed by atoms with Gasteiger partial charge in [-0.25, -0.2) is 0 Å². The molecular formula is C24H23N3O3. The van der Waals surface area contributed by atoms with Crippen LogP contribution in [0.1, 0.15) is 22.7 Å². The maximum Gasteiger partial charge on any atom is 0.289 e. The van der Waals surface area contributed by atoms with Gasteiger partial charge in [-0.3, -0.25) is 14.7 Å². The number of carbonyl (C=O) groups is 1. The summed E-state index contributed by atoms with van der Waals surface area (Å²) in [5, 5.41) is 1.09. The summed E-state index contributed by atoms with van der Waals surface area (Å²) >= 11 is 0. The number of rotatable bonds is 4. The van der Waals surface area contributed by atoms with Crippen molar-refractivity contribution in [3.8, 4) is 11.1 Å². The molecule has 4 aromatic rings. The molecule has 0 aliphatic carbocycles. The van der Waals surface area contributed by atoms with Gasteiger partial charge in [-0.05, 0) is 48.4 Å². The maximum absolute atomic E-state index is 12.5. The number of carbonyl (C=O) groups excluding carboxylic acids is 1. The third-order valence-corrected chi connectivity index (χ3v) is 5.55. The van der Waals surface area contributed by atoms with E-state index in [1.807, 2.05) is 23.2 Å². The van der Waals surface area contributed by atoms with Crippen molar-refractivity contribution >= 4 is 16.9 Å². The largest absolute Gasteiger partial charge is 0.460 e. The predicted octanol–water partition coefficient (Wildman–Crippen LogP) is 4.44. The van der Waals surface area contributed by atoms with Crippen molar-refractivity contribution in [2.45, 2.75) is 13.0 Å². The number of hydrogen-bond donors (Lipinski definition) is 0. The first-order chi connectivity index (χ1) is 14.8. The second-order valence-electron chi connectivity index (χ2n) is 7.61. The van der Waals surface area contributed by atoms with Crippen molar-refractivity contribution in [1.82, 2.24) is 14.8 Å². The first kappa shape index (κ1) is 18.6. The van der Waals surface area contributed by atoms with E-state index in [0.29, 0.717) is 12.3 Å². The molecule has 1 aliphatic rings. The molecule has 0 spiro atoms. The first-order valence-electron chi connectivity index (χ1n) is 10.2. The number of hydrogen-bond acceptors (Lipinski definition) is 5. The summed E-state index contributed by atoms with van der Waals surface area (Å²) in [5.74, 6) is 1.32. The van der Waals surface area contributed by atoms with Crippen LogP contribution in [0, 0.1) is 0 Å². The van der Waals surface area contributed by atoms with Gasteiger partial charge in [0, 0.05) is 49.5 Å². The molecule has 6 heteroatoms. The van der Waals surface area contributed by atoms with Gasteiger partial charge in [0.2, 0.25) is 0 Å². The SMILES string of the molecule is O=C(c1ccco1)N1CCCN(Cc2cc3cc(-c4cccnc4)ccc3o2)CC1. The van der Waals surface area contributed by atoms with Crippen LogP contribution >= 0.6 is 0 Å². The zero-order chi connectivity index (χ0) is 20.3. The summed E-state index contributed by atoms with van der Waals surface area (Å²) in [5.41, 5.74) is 3.11. The van der Waals surface area contributed by atoms with Gasteiger partial charge in [0.05, 0.1) is 12.8 Å². The average molecular weight is 401 g/mol. The van der Waals surface area contributed by atoms with E-state index >= 15 is 0 Å². The summed E-state index contributed by atoms with van der Waals surface area (Å²) in [7, 11) is 0. The Labute approximate surface area is 174 Å². The van der Waals surface area contributed by atoms with Crippen molar-refractivity contribution in [3.63, 3.8) is 0 Å². The molecule has 1 saturated heterocycles. The minimum atomic E-state index is -0.0338. The molecule has 0 atom stereocenters. The number of nitrogens with zero attached hydrogens (tertiary/aromatic N) is 3. The quantitative estimate of drug-likeness (QED) is 0.506. The van der Waals surface area contributed by atoms with Crippen molar-refractivity contribution in [1.29, 1.82) is 0 Å². The molecule has 0 saturated carbocycles. The standard InChI is InChI=1S/C24H23N3O3/c28-24(23-5-2-13-29-23)27-10-3-9-26(11-12-27)17-21-15-20-14-18(6-7-22(20)30-21)19-4-1-8-25-16-19/h1-2,4-8,13-16H,3,9-12,17H2. The lowest BCUT2D eigenvalue weighted by molar-refractivity contribution is 0.0729. The van der Waals surface area contributed by atoms with E-state index in [9.17, 15) is 4.79 Å². The Morgan fingerprint density at radius 3 is 2.80 bits per heavy atom. The predicted molar refractivity (Wildman–Crippen MR) is 114 cm³/mol. The highest BCUT2D eigenvalue weighted by Gasteiger charge is 2.22. The third kappa shape index (κ3) is 3.86. The second kappa shape index (κ2) is 8.16. The fourth-order valence-corrected chi connectivity index (χ4v) is 4.00. The highest BCUT2D eigenvalue weighted by molar-refractivity contribution is 5.91. The lowest BCUT2D eigenvalue weighted by Gasteiger charge is -2.20. The fourth-order valence-electron chi connectivity index (χ4n) is 4.00. The van der Waals surface area contributed by atoms with Gasteiger partial charge in [0.25, 0.3) is 5.91 Å². The van der Waals surface area contributed by atoms with Crippen LogP contribution in [-0.2, 0) is 6.54 Å². The van der Waals surface area contributed by atoms with E-state index in [-0.39, 0.29) is 5.91 Å². The Kier molecular flexibility index (Phi) is 5.07. The van der Waals surface area contributed by atoms with Gasteiger partial charge >= 0.3 is 0 Å². The molecule has 6 nitrogen and oxygen atoms in total. The van der Waals surface area contributed by atoms with Crippen LogP contribution in [0.25, 0.3) is 22.1 Å². The molecule has 3 aromatic heterocycles. The molecule has 152 valence electrons. The molecule has 0 N–H and O–H groups in total. The lowest BCUT2D eigenvalue weighted by Crippen LogP contribution is -2.34. The molecule has 0 bridgehead atoms. The molecule has 30 heavy (non-hydrogen) atoms. The lowest BCUT2D eigenvalue weighted by atomic mass is 10.1. The Hall–Kier alpha value is -3.38. The zero-order valence-corrected chi connectivity index (χ0v) is 16.7. The molecule has 1 fully saturated rings. The number of pyridine rings is 1. The summed E-state index contributed by atoms with van der Waals surface area (Å²) in [6.45, 7) is 3.90. The normalized spacial score (nSPS) is 15.4. The van der Waals surface area contributed by atoms with E-state index in [4.69, 9.17) is 8.83 Å². The number of aromatic nitrogens is 1. The van der Waals surface area contributed by atoms with E-state index < -0.39 is 0 Å². The smallest absolute Gasteiger partial charge is 0.289 e. The Bertz CT molecular complexity index is 1140. The minimum absolute atomic E-state index is 0.0338. The van der Waals surface area contributed by atoms with Crippen molar-refractivity contribution in [2.24, 2.45) is 0 Å². The molecule has 1 aromatic carbocycles. The fraction of sp³-hybridized carbons (Fsp3) is 0.250. The van der Waals surface area contributed by atoms with Crippen LogP contribution in [0.15, 0.2) is 76.0 Å². The number of amides is 1. The van der Waals surface area contributed by atoms with Crippen LogP contribution in [-0.4, -0.2) is 46.9 Å². The zero-order valence-electron chi connectivity index (χ0n) is 16.7. The summed E-state index contributed by atoms with van der Waals surface area (Å²) in [6.07, 6.45) is 6.12. The van der Waals surface area contributed by atoms with Crippen LogP contribution in [0.4, 0.5) is 0 Å². The van der Waals surface area contributed by atoms with Gasteiger partial charge in [-0.1, -0.05) is 12.1 Å². The van der Waals surface area contributed by atoms with E-state index in [2.05, 4.69) is 34.1 Å². The number of fused-ring (bicyclic) bond motifs is 1. The molecular weight excluding hydrogens is 378 g/mol. The van der Waals surface area contributed by atoms with E-state index in [1.165, 1.54) is 0 Å². The minimum Gasteiger partial charge on any atom is -0.460 e. The number of benzene rings is 1. The van der Waals surface area contributed by atoms with Gasteiger partial charge in [-0.2, -0.15) is 0 Å². The molecule has 1 aliphatic heterocycles. The first-order valence-corrected chi connectivity index (χ1v) is 10.2. The van der Waals surface area contributed by atoms with Gasteiger partial charge in [0.1, 0.15) is 11.3 Å². The van der Waals surface area contributed by atoms with Gasteiger partial charge in [-0.15, -0.1) is 0 Å². The van der Waals surface area contributed by atoms with Gasteiger partial charge < -0.3 is 13.7 Å². The van der Waals surface area contributed by atoms with Gasteiger partial charge in [0.15, 0.2) is 5.76 Å². The van der Waals surface area contributed by atoms with Crippen LogP contribution in [0.5, 0.6) is 0 Å². The Balaban J connectivity index is 1.27. The molecule has 0 unspecified atom stereocenters. The molecule has 5 rings (SSSR count). The second-order valence-corrected chi connectivity index (χ2v) is 7.61. The van der Waals surface area contributed by atoms with Crippen molar-refractivity contribution < 1.29 is 13.6 Å². The van der Waals surface area contributed by atoms with Crippen LogP contribution in [0.2, 0.25) is 0 Å². The molecule has 4 heterocycles. The van der Waals surface area contributed by atoms with E-state index in [0.717, 1.165) is 60.5 Å². The van der Waals surface area contributed by atoms with Crippen molar-refractivity contribution in [2.75, 3.05) is 26.2 Å². The molecule has 1 amide bonds. The average Bonchev–Trinajstić information content (AvgIpc) is 3.39. The Morgan fingerprint density at radius 2 is 1.97 bits per heavy atom. The summed E-state index contributed by atoms with van der Waals surface area (Å²) in [4.78, 5) is 21.0. The Morgan fingerprint density at radius 1 is 1.00 bits per heavy atom. The summed E-state index contributed by atoms with van der Waals surface area (Å²) in [6, 6.07) is 15.8. The van der Waals surface area contributed by atoms with Crippen LogP contribution in [0.3, 0.4) is 0 Å². The highest BCUT2D eigenvalue weighted by Crippen LogP contribution is 2.27. The van der Waals surface area contributed by atoms with Crippen LogP contribution < -0.4 is 0 Å². The number of furan rings is 2. The third-order valence-electron chi connectivity index (χ3n) is 5.55. The van der Waals surface area contributed by atoms with E-state index in [1.54, 1.807) is 24.6 Å². The summed E-state index contributed by atoms with van der Waals surface area (Å²) < 4.78 is 11.3. The highest BCUT2D eigenvalue weighted by atomic mass is 16.3. The molecule has 0 radical (unpaired) electrons. The van der Waals surface area contributed by atoms with Crippen molar-refractivity contribution in [3.05, 3.63) is 78.7 Å². The topological polar surface area (TPSA) is 62.7 Å².